The molecule has 0 spiro atoms. The van der Waals surface area contributed by atoms with Crippen LogP contribution in [-0.2, 0) is 0 Å². The molecular formula is C15H23BrN4O. The molecule has 2 amide bonds. The molecule has 2 aliphatic heterocycles. The van der Waals surface area contributed by atoms with Crippen LogP contribution in [0.3, 0.4) is 0 Å². The minimum absolute atomic E-state index is 0.0927. The van der Waals surface area contributed by atoms with Crippen LogP contribution in [0.4, 0.5) is 4.79 Å². The van der Waals surface area contributed by atoms with Gasteiger partial charge in [-0.2, -0.15) is 5.10 Å². The maximum atomic E-state index is 12.5. The fourth-order valence-electron chi connectivity index (χ4n) is 3.60. The number of halogens is 1. The Balaban J connectivity index is 1.71. The molecule has 6 heteroatoms. The number of carbonyl (C=O) groups excluding carboxylic acids is 1. The fourth-order valence-corrected chi connectivity index (χ4v) is 3.90. The number of nitrogens with one attached hydrogen (secondary N) is 1. The number of hydrogen-bond acceptors (Lipinski definition) is 2. The molecular weight excluding hydrogens is 332 g/mol. The number of piperidine rings is 1. The van der Waals surface area contributed by atoms with Gasteiger partial charge < -0.3 is 10.2 Å². The molecule has 21 heavy (non-hydrogen) atoms. The van der Waals surface area contributed by atoms with E-state index in [1.807, 2.05) is 33.2 Å². The number of aromatic nitrogens is 2. The number of nitrogens with zero attached hydrogens (tertiary/aromatic N) is 3. The summed E-state index contributed by atoms with van der Waals surface area (Å²) in [6.45, 7) is 6.09. The van der Waals surface area contributed by atoms with Crippen molar-refractivity contribution in [3.63, 3.8) is 0 Å². The molecule has 1 N–H and O–H groups in total. The van der Waals surface area contributed by atoms with Gasteiger partial charge in [-0.05, 0) is 62.4 Å². The predicted octanol–water partition coefficient (Wildman–Crippen LogP) is 3.32. The zero-order valence-electron chi connectivity index (χ0n) is 12.8. The van der Waals surface area contributed by atoms with Crippen LogP contribution in [0.5, 0.6) is 0 Å². The van der Waals surface area contributed by atoms with Crippen molar-refractivity contribution in [2.24, 2.45) is 0 Å². The zero-order chi connectivity index (χ0) is 15.2. The van der Waals surface area contributed by atoms with Crippen molar-refractivity contribution in [1.82, 2.24) is 20.0 Å². The van der Waals surface area contributed by atoms with Gasteiger partial charge in [0.05, 0.1) is 16.7 Å². The number of fused-ring (bicyclic) bond motifs is 2. The Morgan fingerprint density at radius 3 is 2.38 bits per heavy atom. The third kappa shape index (κ3) is 3.10. The summed E-state index contributed by atoms with van der Waals surface area (Å²) in [6.07, 6.45) is 8.10. The van der Waals surface area contributed by atoms with Crippen molar-refractivity contribution >= 4 is 22.0 Å². The van der Waals surface area contributed by atoms with E-state index in [1.54, 1.807) is 0 Å². The van der Waals surface area contributed by atoms with E-state index in [1.165, 1.54) is 0 Å². The molecule has 3 heterocycles. The summed E-state index contributed by atoms with van der Waals surface area (Å²) in [6, 6.07) is 1.20. The molecule has 0 aliphatic carbocycles. The minimum atomic E-state index is -0.180. The third-order valence-corrected chi connectivity index (χ3v) is 4.78. The minimum Gasteiger partial charge on any atom is -0.333 e. The van der Waals surface area contributed by atoms with Crippen LogP contribution in [0, 0.1) is 0 Å². The Morgan fingerprint density at radius 2 is 1.90 bits per heavy atom. The Labute approximate surface area is 134 Å². The van der Waals surface area contributed by atoms with Gasteiger partial charge in [0.15, 0.2) is 0 Å². The maximum absolute atomic E-state index is 12.5. The highest BCUT2D eigenvalue weighted by molar-refractivity contribution is 9.10. The number of rotatable bonds is 1. The summed E-state index contributed by atoms with van der Waals surface area (Å²) in [7, 11) is 0. The van der Waals surface area contributed by atoms with Crippen molar-refractivity contribution < 1.29 is 4.79 Å². The van der Waals surface area contributed by atoms with Gasteiger partial charge >= 0.3 is 6.03 Å². The number of amides is 2. The Morgan fingerprint density at radius 1 is 1.29 bits per heavy atom. The van der Waals surface area contributed by atoms with Crippen LogP contribution < -0.4 is 5.32 Å². The molecule has 2 bridgehead atoms. The lowest BCUT2D eigenvalue weighted by Crippen LogP contribution is -2.55. The van der Waals surface area contributed by atoms with E-state index < -0.39 is 0 Å². The Kier molecular flexibility index (Phi) is 3.76. The molecule has 0 radical (unpaired) electrons. The topological polar surface area (TPSA) is 50.2 Å². The molecule has 5 nitrogen and oxygen atoms in total. The molecule has 2 atom stereocenters. The molecule has 3 rings (SSSR count). The summed E-state index contributed by atoms with van der Waals surface area (Å²) >= 11 is 3.45. The van der Waals surface area contributed by atoms with Gasteiger partial charge in [0.25, 0.3) is 0 Å². The van der Waals surface area contributed by atoms with Crippen molar-refractivity contribution in [3.05, 3.63) is 16.9 Å². The first-order valence-corrected chi connectivity index (χ1v) is 8.43. The summed E-state index contributed by atoms with van der Waals surface area (Å²) in [5, 5.41) is 7.52. The van der Waals surface area contributed by atoms with Gasteiger partial charge in [0.1, 0.15) is 0 Å². The highest BCUT2D eigenvalue weighted by Gasteiger charge is 2.44. The van der Waals surface area contributed by atoms with Crippen LogP contribution in [0.2, 0.25) is 0 Å². The number of hydrogen-bond donors (Lipinski definition) is 1. The third-order valence-electron chi connectivity index (χ3n) is 4.37. The predicted molar refractivity (Wildman–Crippen MR) is 85.1 cm³/mol. The van der Waals surface area contributed by atoms with Crippen LogP contribution in [0.25, 0.3) is 0 Å². The smallest absolute Gasteiger partial charge is 0.318 e. The van der Waals surface area contributed by atoms with Crippen molar-refractivity contribution in [2.75, 3.05) is 0 Å². The highest BCUT2D eigenvalue weighted by Crippen LogP contribution is 2.40. The summed E-state index contributed by atoms with van der Waals surface area (Å²) < 4.78 is 3.07. The number of carbonyl (C=O) groups is 1. The molecule has 2 unspecified atom stereocenters. The van der Waals surface area contributed by atoms with Crippen LogP contribution in [0.15, 0.2) is 16.9 Å². The largest absolute Gasteiger partial charge is 0.333 e. The lowest BCUT2D eigenvalue weighted by molar-refractivity contribution is 0.115. The first kappa shape index (κ1) is 14.9. The lowest BCUT2D eigenvalue weighted by atomic mass is 9.97. The van der Waals surface area contributed by atoms with Crippen LogP contribution >= 0.6 is 15.9 Å². The van der Waals surface area contributed by atoms with E-state index >= 15 is 0 Å². The number of urea groups is 1. The first-order chi connectivity index (χ1) is 9.83. The average molecular weight is 355 g/mol. The second kappa shape index (κ2) is 5.30. The van der Waals surface area contributed by atoms with E-state index in [9.17, 15) is 4.79 Å². The van der Waals surface area contributed by atoms with Gasteiger partial charge in [-0.15, -0.1) is 0 Å². The molecule has 2 fully saturated rings. The van der Waals surface area contributed by atoms with Crippen molar-refractivity contribution in [1.29, 1.82) is 0 Å². The van der Waals surface area contributed by atoms with Gasteiger partial charge in [-0.25, -0.2) is 4.79 Å². The van der Waals surface area contributed by atoms with Crippen molar-refractivity contribution in [3.8, 4) is 0 Å². The van der Waals surface area contributed by atoms with Gasteiger partial charge in [-0.3, -0.25) is 4.68 Å². The van der Waals surface area contributed by atoms with Gasteiger partial charge in [0, 0.05) is 23.8 Å². The average Bonchev–Trinajstić information content (AvgIpc) is 2.89. The Bertz CT molecular complexity index is 522. The van der Waals surface area contributed by atoms with Crippen LogP contribution in [-0.4, -0.2) is 38.3 Å². The van der Waals surface area contributed by atoms with Gasteiger partial charge in [0.2, 0.25) is 0 Å². The van der Waals surface area contributed by atoms with E-state index in [0.29, 0.717) is 18.1 Å². The summed E-state index contributed by atoms with van der Waals surface area (Å²) in [5.74, 6) is 0. The van der Waals surface area contributed by atoms with Crippen LogP contribution in [0.1, 0.15) is 52.5 Å². The summed E-state index contributed by atoms with van der Waals surface area (Å²) in [4.78, 5) is 14.6. The van der Waals surface area contributed by atoms with Gasteiger partial charge in [-0.1, -0.05) is 0 Å². The van der Waals surface area contributed by atoms with Crippen molar-refractivity contribution in [2.45, 2.75) is 70.1 Å². The molecule has 2 saturated heterocycles. The van der Waals surface area contributed by atoms with E-state index in [0.717, 1.165) is 30.2 Å². The second-order valence-corrected chi connectivity index (χ2v) is 8.15. The van der Waals surface area contributed by atoms with E-state index in [-0.39, 0.29) is 11.6 Å². The molecule has 1 aromatic heterocycles. The molecule has 1 aromatic rings. The monoisotopic (exact) mass is 354 g/mol. The molecule has 0 saturated carbocycles. The SMILES string of the molecule is CC(C)(C)NC(=O)N1C2CCC1CC(n1cc(Br)cn1)C2. The quantitative estimate of drug-likeness (QED) is 0.840. The normalized spacial score (nSPS) is 28.8. The molecule has 116 valence electrons. The summed E-state index contributed by atoms with van der Waals surface area (Å²) in [5.41, 5.74) is -0.180. The Hall–Kier alpha value is -1.04. The molecule has 0 aromatic carbocycles. The first-order valence-electron chi connectivity index (χ1n) is 7.63. The lowest BCUT2D eigenvalue weighted by Gasteiger charge is -2.40. The second-order valence-electron chi connectivity index (χ2n) is 7.24. The standard InChI is InChI=1S/C15H23BrN4O/c1-15(2,3)18-14(21)20-11-4-5-12(20)7-13(6-11)19-9-10(16)8-17-19/h8-9,11-13H,4-7H2,1-3H3,(H,18,21). The highest BCUT2D eigenvalue weighted by atomic mass is 79.9. The maximum Gasteiger partial charge on any atom is 0.318 e. The molecule has 2 aliphatic rings. The zero-order valence-corrected chi connectivity index (χ0v) is 14.4. The van der Waals surface area contributed by atoms with E-state index in [4.69, 9.17) is 0 Å². The van der Waals surface area contributed by atoms with E-state index in [2.05, 4.69) is 35.9 Å². The fraction of sp³-hybridized carbons (Fsp3) is 0.733.